The number of carbonyl (C=O) groups excluding carboxylic acids is 2. The quantitative estimate of drug-likeness (QED) is 0.290. The van der Waals surface area contributed by atoms with Crippen molar-refractivity contribution in [2.75, 3.05) is 26.3 Å². The predicted octanol–water partition coefficient (Wildman–Crippen LogP) is 5.81. The number of benzene rings is 1. The van der Waals surface area contributed by atoms with Gasteiger partial charge in [-0.15, -0.1) is 11.3 Å². The summed E-state index contributed by atoms with van der Waals surface area (Å²) in [6, 6.07) is 12.1. The minimum atomic E-state index is -0.00929. The Morgan fingerprint density at radius 3 is 2.36 bits per heavy atom. The second-order valence-corrected chi connectivity index (χ2v) is 9.44. The maximum atomic E-state index is 13.5. The molecule has 0 saturated carbocycles. The monoisotopic (exact) mass is 472 g/mol. The first kappa shape index (κ1) is 27.1. The molecule has 0 atom stereocenters. The van der Waals surface area contributed by atoms with Crippen LogP contribution in [0, 0.1) is 6.92 Å². The molecule has 0 aliphatic carbocycles. The maximum absolute atomic E-state index is 13.5. The molecule has 2 rings (SSSR count). The molecule has 0 radical (unpaired) electrons. The Kier molecular flexibility index (Phi) is 12.8. The van der Waals surface area contributed by atoms with E-state index in [1.807, 2.05) is 42.2 Å². The van der Waals surface area contributed by atoms with Crippen LogP contribution in [-0.2, 0) is 27.4 Å². The molecule has 0 bridgehead atoms. The van der Waals surface area contributed by atoms with Gasteiger partial charge in [-0.05, 0) is 49.3 Å². The summed E-state index contributed by atoms with van der Waals surface area (Å²) in [5.41, 5.74) is 2.29. The third kappa shape index (κ3) is 10.1. The molecule has 0 fully saturated rings. The highest BCUT2D eigenvalue weighted by molar-refractivity contribution is 7.10. The average Bonchev–Trinajstić information content (AvgIpc) is 3.23. The van der Waals surface area contributed by atoms with Crippen LogP contribution in [0.5, 0.6) is 0 Å². The van der Waals surface area contributed by atoms with Crippen LogP contribution in [0.25, 0.3) is 0 Å². The number of unbranched alkanes of at least 4 members (excludes halogenated alkanes) is 3. The summed E-state index contributed by atoms with van der Waals surface area (Å²) in [6.07, 6.45) is 5.46. The first-order valence-electron chi connectivity index (χ1n) is 12.2. The molecule has 6 heteroatoms. The normalized spacial score (nSPS) is 10.9. The molecular formula is C27H40N2O3S. The Balaban J connectivity index is 2.09. The number of carbonyl (C=O) groups is 2. The molecule has 2 aromatic rings. The number of amides is 2. The highest BCUT2D eigenvalue weighted by Gasteiger charge is 2.22. The molecule has 182 valence electrons. The van der Waals surface area contributed by atoms with Gasteiger partial charge in [0.1, 0.15) is 0 Å². The average molecular weight is 473 g/mol. The van der Waals surface area contributed by atoms with E-state index in [-0.39, 0.29) is 18.4 Å². The lowest BCUT2D eigenvalue weighted by atomic mass is 10.1. The third-order valence-electron chi connectivity index (χ3n) is 5.72. The van der Waals surface area contributed by atoms with Crippen LogP contribution in [0.1, 0.15) is 68.4 Å². The highest BCUT2D eigenvalue weighted by atomic mass is 32.1. The number of aryl methyl sites for hydroxylation is 1. The van der Waals surface area contributed by atoms with Gasteiger partial charge < -0.3 is 14.5 Å². The molecule has 0 spiro atoms. The van der Waals surface area contributed by atoms with Gasteiger partial charge in [0, 0.05) is 37.6 Å². The largest absolute Gasteiger partial charge is 0.382 e. The van der Waals surface area contributed by atoms with Gasteiger partial charge in [-0.1, -0.05) is 56.5 Å². The van der Waals surface area contributed by atoms with Crippen LogP contribution in [0.2, 0.25) is 0 Å². The van der Waals surface area contributed by atoms with Crippen LogP contribution in [0.3, 0.4) is 0 Å². The minimum Gasteiger partial charge on any atom is -0.382 e. The molecule has 0 N–H and O–H groups in total. The van der Waals surface area contributed by atoms with Crippen LogP contribution in [0.15, 0.2) is 41.8 Å². The van der Waals surface area contributed by atoms with E-state index >= 15 is 0 Å². The van der Waals surface area contributed by atoms with E-state index in [2.05, 4.69) is 25.3 Å². The van der Waals surface area contributed by atoms with E-state index in [0.717, 1.165) is 37.7 Å². The Labute approximate surface area is 203 Å². The summed E-state index contributed by atoms with van der Waals surface area (Å²) < 4.78 is 5.46. The molecule has 33 heavy (non-hydrogen) atoms. The summed E-state index contributed by atoms with van der Waals surface area (Å²) in [7, 11) is 0. The van der Waals surface area contributed by atoms with Crippen molar-refractivity contribution in [2.24, 2.45) is 0 Å². The molecule has 0 unspecified atom stereocenters. The first-order valence-corrected chi connectivity index (χ1v) is 13.1. The fourth-order valence-corrected chi connectivity index (χ4v) is 4.61. The smallest absolute Gasteiger partial charge is 0.242 e. The number of ether oxygens (including phenoxy) is 1. The Morgan fingerprint density at radius 2 is 1.70 bits per heavy atom. The van der Waals surface area contributed by atoms with E-state index in [1.54, 1.807) is 16.2 Å². The van der Waals surface area contributed by atoms with E-state index < -0.39 is 0 Å². The Morgan fingerprint density at radius 1 is 0.909 bits per heavy atom. The molecule has 2 amide bonds. The van der Waals surface area contributed by atoms with Gasteiger partial charge in [-0.2, -0.15) is 0 Å². The Hall–Kier alpha value is -2.18. The van der Waals surface area contributed by atoms with Crippen molar-refractivity contribution in [3.63, 3.8) is 0 Å². The summed E-state index contributed by atoms with van der Waals surface area (Å²) in [5.74, 6) is 0.0629. The second kappa shape index (κ2) is 15.6. The van der Waals surface area contributed by atoms with Crippen LogP contribution >= 0.6 is 11.3 Å². The Bertz CT molecular complexity index is 822. The summed E-state index contributed by atoms with van der Waals surface area (Å²) in [4.78, 5) is 31.3. The highest BCUT2D eigenvalue weighted by Crippen LogP contribution is 2.20. The maximum Gasteiger partial charge on any atom is 0.242 e. The minimum absolute atomic E-state index is 0.00929. The molecule has 1 aromatic carbocycles. The van der Waals surface area contributed by atoms with Crippen molar-refractivity contribution in [3.8, 4) is 0 Å². The van der Waals surface area contributed by atoms with Gasteiger partial charge in [0.15, 0.2) is 0 Å². The van der Waals surface area contributed by atoms with Crippen LogP contribution in [-0.4, -0.2) is 47.9 Å². The van der Waals surface area contributed by atoms with Crippen LogP contribution in [0.4, 0.5) is 0 Å². The number of nitrogens with zero attached hydrogens (tertiary/aromatic N) is 2. The topological polar surface area (TPSA) is 49.9 Å². The fraction of sp³-hybridized carbons (Fsp3) is 0.556. The lowest BCUT2D eigenvalue weighted by molar-refractivity contribution is -0.141. The van der Waals surface area contributed by atoms with E-state index in [4.69, 9.17) is 4.74 Å². The lowest BCUT2D eigenvalue weighted by Gasteiger charge is -2.28. The second-order valence-electron chi connectivity index (χ2n) is 8.44. The molecule has 5 nitrogen and oxygen atoms in total. The molecule has 0 aliphatic rings. The zero-order chi connectivity index (χ0) is 23.9. The van der Waals surface area contributed by atoms with Crippen molar-refractivity contribution in [3.05, 3.63) is 57.8 Å². The van der Waals surface area contributed by atoms with Crippen molar-refractivity contribution < 1.29 is 14.3 Å². The summed E-state index contributed by atoms with van der Waals surface area (Å²) in [5, 5.41) is 2.07. The van der Waals surface area contributed by atoms with E-state index in [0.29, 0.717) is 39.3 Å². The van der Waals surface area contributed by atoms with Gasteiger partial charge >= 0.3 is 0 Å². The standard InChI is InChI=1S/C27H40N2O3S/c1-4-6-7-11-15-26(30)28(17-12-18-32-5-2)22-27(31)29(20-24-13-9-8-10-14-24)21-25-23(3)16-19-33-25/h8-10,13-14,16,19H,4-7,11-12,15,17-18,20-22H2,1-3H3. The molecule has 1 aromatic heterocycles. The van der Waals surface area contributed by atoms with Gasteiger partial charge in [0.25, 0.3) is 0 Å². The number of rotatable bonds is 16. The predicted molar refractivity (Wildman–Crippen MR) is 136 cm³/mol. The van der Waals surface area contributed by atoms with Gasteiger partial charge in [0.2, 0.25) is 11.8 Å². The SMILES string of the molecule is CCCCCCC(=O)N(CCCOCC)CC(=O)N(Cc1ccccc1)Cc1sccc1C. The summed E-state index contributed by atoms with van der Waals surface area (Å²) >= 11 is 1.68. The molecule has 1 heterocycles. The van der Waals surface area contributed by atoms with Crippen molar-refractivity contribution in [1.29, 1.82) is 0 Å². The van der Waals surface area contributed by atoms with Gasteiger partial charge in [0.05, 0.1) is 13.1 Å². The van der Waals surface area contributed by atoms with Gasteiger partial charge in [-0.25, -0.2) is 0 Å². The third-order valence-corrected chi connectivity index (χ3v) is 6.72. The number of thiophene rings is 1. The lowest BCUT2D eigenvalue weighted by Crippen LogP contribution is -2.43. The van der Waals surface area contributed by atoms with Gasteiger partial charge in [-0.3, -0.25) is 9.59 Å². The van der Waals surface area contributed by atoms with Crippen molar-refractivity contribution in [1.82, 2.24) is 9.80 Å². The first-order chi connectivity index (χ1) is 16.0. The van der Waals surface area contributed by atoms with Crippen LogP contribution < -0.4 is 0 Å². The summed E-state index contributed by atoms with van der Waals surface area (Å²) in [6.45, 7) is 9.25. The van der Waals surface area contributed by atoms with Crippen molar-refractivity contribution in [2.45, 2.75) is 72.4 Å². The number of hydrogen-bond donors (Lipinski definition) is 0. The molecule has 0 aliphatic heterocycles. The van der Waals surface area contributed by atoms with E-state index in [1.165, 1.54) is 10.4 Å². The zero-order valence-electron chi connectivity index (χ0n) is 20.6. The molecular weight excluding hydrogens is 432 g/mol. The van der Waals surface area contributed by atoms with Crippen molar-refractivity contribution >= 4 is 23.2 Å². The number of hydrogen-bond acceptors (Lipinski definition) is 4. The fourth-order valence-electron chi connectivity index (χ4n) is 3.69. The zero-order valence-corrected chi connectivity index (χ0v) is 21.4. The molecule has 0 saturated heterocycles. The van der Waals surface area contributed by atoms with E-state index in [9.17, 15) is 9.59 Å².